The summed E-state index contributed by atoms with van der Waals surface area (Å²) in [7, 11) is 0. The molecule has 0 bridgehead atoms. The monoisotopic (exact) mass is 240 g/mol. The Labute approximate surface area is 108 Å². The van der Waals surface area contributed by atoms with Gasteiger partial charge in [-0.3, -0.25) is 0 Å². The van der Waals surface area contributed by atoms with Crippen molar-refractivity contribution in [3.05, 3.63) is 0 Å². The van der Waals surface area contributed by atoms with Gasteiger partial charge in [0.2, 0.25) is 0 Å². The van der Waals surface area contributed by atoms with Crippen LogP contribution in [0.2, 0.25) is 0 Å². The second kappa shape index (κ2) is 6.19. The van der Waals surface area contributed by atoms with Crippen LogP contribution in [-0.4, -0.2) is 36.1 Å². The zero-order chi connectivity index (χ0) is 13.1. The molecule has 0 amide bonds. The number of rotatable bonds is 4. The van der Waals surface area contributed by atoms with Gasteiger partial charge in [-0.2, -0.15) is 0 Å². The summed E-state index contributed by atoms with van der Waals surface area (Å²) in [6.07, 6.45) is 2.67. The van der Waals surface area contributed by atoms with Crippen LogP contribution in [0, 0.1) is 11.8 Å². The van der Waals surface area contributed by atoms with Crippen LogP contribution in [0.5, 0.6) is 0 Å². The highest BCUT2D eigenvalue weighted by atomic mass is 15.2. The van der Waals surface area contributed by atoms with Crippen LogP contribution in [0.4, 0.5) is 0 Å². The smallest absolute Gasteiger partial charge is 0.00965 e. The van der Waals surface area contributed by atoms with Gasteiger partial charge in [-0.05, 0) is 65.5 Å². The maximum atomic E-state index is 3.57. The van der Waals surface area contributed by atoms with E-state index in [1.807, 2.05) is 0 Å². The van der Waals surface area contributed by atoms with E-state index in [1.54, 1.807) is 0 Å². The molecule has 3 atom stereocenters. The number of nitrogens with one attached hydrogen (secondary N) is 1. The lowest BCUT2D eigenvalue weighted by atomic mass is 9.86. The zero-order valence-electron chi connectivity index (χ0n) is 12.7. The van der Waals surface area contributed by atoms with Crippen molar-refractivity contribution in [1.29, 1.82) is 0 Å². The Kier molecular flexibility index (Phi) is 5.46. The van der Waals surface area contributed by atoms with Crippen LogP contribution in [0.3, 0.4) is 0 Å². The third kappa shape index (κ3) is 5.39. The Morgan fingerprint density at radius 3 is 2.41 bits per heavy atom. The number of hydrogen-bond acceptors (Lipinski definition) is 2. The fourth-order valence-electron chi connectivity index (χ4n) is 2.87. The fraction of sp³-hybridized carbons (Fsp3) is 1.00. The highest BCUT2D eigenvalue weighted by molar-refractivity contribution is 4.82. The van der Waals surface area contributed by atoms with Crippen LogP contribution in [0.1, 0.15) is 54.4 Å². The molecule has 0 aromatic carbocycles. The maximum Gasteiger partial charge on any atom is 0.00965 e. The molecule has 1 fully saturated rings. The fourth-order valence-corrected chi connectivity index (χ4v) is 2.87. The van der Waals surface area contributed by atoms with Crippen molar-refractivity contribution < 1.29 is 0 Å². The molecule has 0 saturated carbocycles. The molecule has 1 rings (SSSR count). The summed E-state index contributed by atoms with van der Waals surface area (Å²) in [5.74, 6) is 1.73. The summed E-state index contributed by atoms with van der Waals surface area (Å²) in [6.45, 7) is 17.6. The first-order valence-electron chi connectivity index (χ1n) is 7.28. The van der Waals surface area contributed by atoms with E-state index in [4.69, 9.17) is 0 Å². The van der Waals surface area contributed by atoms with Gasteiger partial charge in [-0.1, -0.05) is 13.8 Å². The van der Waals surface area contributed by atoms with E-state index < -0.39 is 0 Å². The van der Waals surface area contributed by atoms with E-state index in [0.29, 0.717) is 0 Å². The molecule has 0 spiro atoms. The van der Waals surface area contributed by atoms with Gasteiger partial charge in [0.15, 0.2) is 0 Å². The van der Waals surface area contributed by atoms with E-state index in [-0.39, 0.29) is 5.54 Å². The Balaban J connectivity index is 2.26. The van der Waals surface area contributed by atoms with Gasteiger partial charge in [0, 0.05) is 18.1 Å². The minimum Gasteiger partial charge on any atom is -0.312 e. The predicted molar refractivity (Wildman–Crippen MR) is 76.4 cm³/mol. The number of piperidine rings is 1. The third-order valence-electron chi connectivity index (χ3n) is 4.00. The normalized spacial score (nSPS) is 31.8. The summed E-state index contributed by atoms with van der Waals surface area (Å²) >= 11 is 0. The van der Waals surface area contributed by atoms with Gasteiger partial charge >= 0.3 is 0 Å². The summed E-state index contributed by atoms with van der Waals surface area (Å²) in [4.78, 5) is 2.68. The first kappa shape index (κ1) is 15.0. The molecule has 1 saturated heterocycles. The van der Waals surface area contributed by atoms with Crippen LogP contribution >= 0.6 is 0 Å². The molecular formula is C15H32N2. The Morgan fingerprint density at radius 2 is 1.82 bits per heavy atom. The second-order valence-electron chi connectivity index (χ2n) is 7.08. The van der Waals surface area contributed by atoms with Crippen LogP contribution in [-0.2, 0) is 0 Å². The number of hydrogen-bond donors (Lipinski definition) is 1. The summed E-state index contributed by atoms with van der Waals surface area (Å²) < 4.78 is 0. The van der Waals surface area contributed by atoms with Crippen molar-refractivity contribution in [3.63, 3.8) is 0 Å². The minimum atomic E-state index is 0.258. The lowest BCUT2D eigenvalue weighted by Gasteiger charge is -2.41. The molecule has 102 valence electrons. The molecule has 1 heterocycles. The van der Waals surface area contributed by atoms with E-state index in [2.05, 4.69) is 51.8 Å². The Hall–Kier alpha value is -0.0800. The van der Waals surface area contributed by atoms with Gasteiger partial charge in [0.05, 0.1) is 0 Å². The summed E-state index contributed by atoms with van der Waals surface area (Å²) in [5, 5.41) is 3.57. The van der Waals surface area contributed by atoms with E-state index in [1.165, 1.54) is 25.9 Å². The molecule has 0 aromatic heterocycles. The van der Waals surface area contributed by atoms with Crippen molar-refractivity contribution >= 4 is 0 Å². The highest BCUT2D eigenvalue weighted by Crippen LogP contribution is 2.26. The van der Waals surface area contributed by atoms with E-state index in [9.17, 15) is 0 Å². The van der Waals surface area contributed by atoms with Gasteiger partial charge in [0.25, 0.3) is 0 Å². The van der Waals surface area contributed by atoms with Crippen molar-refractivity contribution in [2.75, 3.05) is 19.6 Å². The summed E-state index contributed by atoms with van der Waals surface area (Å²) in [6, 6.07) is 0.765. The molecule has 1 aliphatic rings. The molecule has 3 unspecified atom stereocenters. The first-order valence-corrected chi connectivity index (χ1v) is 7.28. The van der Waals surface area contributed by atoms with E-state index >= 15 is 0 Å². The standard InChI is InChI=1S/C15H32N2/c1-12-10-13(2)14(3)17(11-12)9-7-8-16-15(4,5)6/h12-14,16H,7-11H2,1-6H3. The van der Waals surface area contributed by atoms with Crippen molar-refractivity contribution in [3.8, 4) is 0 Å². The Morgan fingerprint density at radius 1 is 1.18 bits per heavy atom. The molecule has 0 aliphatic carbocycles. The number of likely N-dealkylation sites (tertiary alicyclic amines) is 1. The van der Waals surface area contributed by atoms with Crippen molar-refractivity contribution in [1.82, 2.24) is 10.2 Å². The highest BCUT2D eigenvalue weighted by Gasteiger charge is 2.28. The minimum absolute atomic E-state index is 0.258. The van der Waals surface area contributed by atoms with Crippen molar-refractivity contribution in [2.24, 2.45) is 11.8 Å². The molecule has 2 heteroatoms. The first-order chi connectivity index (χ1) is 7.79. The van der Waals surface area contributed by atoms with Crippen molar-refractivity contribution in [2.45, 2.75) is 66.0 Å². The molecule has 17 heavy (non-hydrogen) atoms. The van der Waals surface area contributed by atoms with Gasteiger partial charge < -0.3 is 10.2 Å². The predicted octanol–water partition coefficient (Wildman–Crippen LogP) is 3.13. The number of nitrogens with zero attached hydrogens (tertiary/aromatic N) is 1. The SMILES string of the molecule is CC1CC(C)C(C)N(CCCNC(C)(C)C)C1. The largest absolute Gasteiger partial charge is 0.312 e. The third-order valence-corrected chi connectivity index (χ3v) is 4.00. The molecular weight excluding hydrogens is 208 g/mol. The van der Waals surface area contributed by atoms with E-state index in [0.717, 1.165) is 24.4 Å². The second-order valence-corrected chi connectivity index (χ2v) is 7.08. The average Bonchev–Trinajstić information content (AvgIpc) is 2.18. The summed E-state index contributed by atoms with van der Waals surface area (Å²) in [5.41, 5.74) is 0.258. The topological polar surface area (TPSA) is 15.3 Å². The Bertz CT molecular complexity index is 219. The lowest BCUT2D eigenvalue weighted by Crippen LogP contribution is -2.47. The van der Waals surface area contributed by atoms with Gasteiger partial charge in [0.1, 0.15) is 0 Å². The van der Waals surface area contributed by atoms with Crippen LogP contribution in [0.25, 0.3) is 0 Å². The molecule has 1 aliphatic heterocycles. The molecule has 0 radical (unpaired) electrons. The molecule has 0 aromatic rings. The lowest BCUT2D eigenvalue weighted by molar-refractivity contribution is 0.0783. The van der Waals surface area contributed by atoms with Gasteiger partial charge in [-0.15, -0.1) is 0 Å². The van der Waals surface area contributed by atoms with Crippen LogP contribution < -0.4 is 5.32 Å². The molecule has 2 nitrogen and oxygen atoms in total. The average molecular weight is 240 g/mol. The maximum absolute atomic E-state index is 3.57. The quantitative estimate of drug-likeness (QED) is 0.760. The molecule has 1 N–H and O–H groups in total. The van der Waals surface area contributed by atoms with Gasteiger partial charge in [-0.25, -0.2) is 0 Å². The van der Waals surface area contributed by atoms with Crippen LogP contribution in [0.15, 0.2) is 0 Å². The zero-order valence-corrected chi connectivity index (χ0v) is 12.7.